The van der Waals surface area contributed by atoms with Crippen molar-refractivity contribution in [1.29, 1.82) is 0 Å². The average molecular weight is 458 g/mol. The molecule has 3 amide bonds. The van der Waals surface area contributed by atoms with Crippen LogP contribution in [0.25, 0.3) is 10.8 Å². The van der Waals surface area contributed by atoms with E-state index in [-0.39, 0.29) is 23.6 Å². The number of anilines is 1. The van der Waals surface area contributed by atoms with Crippen LogP contribution < -0.4 is 5.32 Å². The molecule has 0 aromatic heterocycles. The number of nitrogens with zero attached hydrogens (tertiary/aromatic N) is 2. The maximum atomic E-state index is 13.2. The summed E-state index contributed by atoms with van der Waals surface area (Å²) >= 11 is 0. The van der Waals surface area contributed by atoms with Gasteiger partial charge in [0.15, 0.2) is 0 Å². The van der Waals surface area contributed by atoms with Crippen LogP contribution in [0.15, 0.2) is 66.7 Å². The molecule has 1 N–H and O–H groups in total. The van der Waals surface area contributed by atoms with E-state index in [2.05, 4.69) is 5.32 Å². The van der Waals surface area contributed by atoms with Crippen LogP contribution in [0.4, 0.5) is 5.69 Å². The largest absolute Gasteiger partial charge is 0.339 e. The standard InChI is InChI=1S/C28H31N3O3/c1-3-30(4-2)27(33)22-12-14-23(15-13-22)29-26(32)21-16-18-31(19-17-21)28(34)25-11-7-9-20-8-5-6-10-24(20)25/h5-15,21H,3-4,16-19H2,1-2H3,(H,29,32). The van der Waals surface area contributed by atoms with E-state index >= 15 is 0 Å². The summed E-state index contributed by atoms with van der Waals surface area (Å²) in [6, 6.07) is 20.7. The first-order chi connectivity index (χ1) is 16.5. The van der Waals surface area contributed by atoms with E-state index in [9.17, 15) is 14.4 Å². The highest BCUT2D eigenvalue weighted by atomic mass is 16.2. The molecule has 4 rings (SSSR count). The van der Waals surface area contributed by atoms with E-state index in [0.29, 0.717) is 55.8 Å². The lowest BCUT2D eigenvalue weighted by Gasteiger charge is -2.31. The van der Waals surface area contributed by atoms with Gasteiger partial charge < -0.3 is 15.1 Å². The van der Waals surface area contributed by atoms with Gasteiger partial charge in [-0.25, -0.2) is 0 Å². The number of hydrogen-bond donors (Lipinski definition) is 1. The van der Waals surface area contributed by atoms with E-state index in [0.717, 1.165) is 10.8 Å². The van der Waals surface area contributed by atoms with Gasteiger partial charge >= 0.3 is 0 Å². The molecule has 34 heavy (non-hydrogen) atoms. The van der Waals surface area contributed by atoms with Crippen LogP contribution in [-0.4, -0.2) is 53.7 Å². The number of amides is 3. The van der Waals surface area contributed by atoms with E-state index in [4.69, 9.17) is 0 Å². The first-order valence-electron chi connectivity index (χ1n) is 12.0. The van der Waals surface area contributed by atoms with Gasteiger partial charge in [-0.2, -0.15) is 0 Å². The summed E-state index contributed by atoms with van der Waals surface area (Å²) in [7, 11) is 0. The predicted molar refractivity (Wildman–Crippen MR) is 135 cm³/mol. The fourth-order valence-electron chi connectivity index (χ4n) is 4.56. The smallest absolute Gasteiger partial charge is 0.254 e. The molecule has 0 radical (unpaired) electrons. The number of fused-ring (bicyclic) bond motifs is 1. The van der Waals surface area contributed by atoms with Crippen LogP contribution in [0.3, 0.4) is 0 Å². The van der Waals surface area contributed by atoms with Crippen LogP contribution in [-0.2, 0) is 4.79 Å². The van der Waals surface area contributed by atoms with Crippen LogP contribution in [0.5, 0.6) is 0 Å². The summed E-state index contributed by atoms with van der Waals surface area (Å²) in [6.07, 6.45) is 1.25. The Morgan fingerprint density at radius 1 is 0.882 bits per heavy atom. The van der Waals surface area contributed by atoms with Gasteiger partial charge in [-0.1, -0.05) is 36.4 Å². The Balaban J connectivity index is 1.34. The summed E-state index contributed by atoms with van der Waals surface area (Å²) in [4.78, 5) is 42.0. The van der Waals surface area contributed by atoms with Crippen molar-refractivity contribution in [2.75, 3.05) is 31.5 Å². The minimum atomic E-state index is -0.145. The second-order valence-corrected chi connectivity index (χ2v) is 8.64. The zero-order valence-electron chi connectivity index (χ0n) is 19.8. The fraction of sp³-hybridized carbons (Fsp3) is 0.321. The molecule has 3 aromatic rings. The van der Waals surface area contributed by atoms with Gasteiger partial charge in [0.2, 0.25) is 5.91 Å². The van der Waals surface area contributed by atoms with Crippen molar-refractivity contribution < 1.29 is 14.4 Å². The van der Waals surface area contributed by atoms with E-state index in [1.54, 1.807) is 29.2 Å². The second-order valence-electron chi connectivity index (χ2n) is 8.64. The summed E-state index contributed by atoms with van der Waals surface area (Å²) in [6.45, 7) is 6.34. The van der Waals surface area contributed by atoms with Gasteiger partial charge in [0.05, 0.1) is 0 Å². The molecule has 1 heterocycles. The van der Waals surface area contributed by atoms with Gasteiger partial charge in [-0.05, 0) is 67.8 Å². The molecule has 3 aromatic carbocycles. The third kappa shape index (κ3) is 4.96. The lowest BCUT2D eigenvalue weighted by molar-refractivity contribution is -0.121. The van der Waals surface area contributed by atoms with Crippen molar-refractivity contribution in [3.05, 3.63) is 77.9 Å². The molecule has 1 aliphatic rings. The normalized spacial score (nSPS) is 14.1. The Bertz CT molecular complexity index is 1170. The summed E-state index contributed by atoms with van der Waals surface area (Å²) in [5, 5.41) is 4.97. The third-order valence-corrected chi connectivity index (χ3v) is 6.62. The molecule has 0 bridgehead atoms. The number of benzene rings is 3. The Hall–Kier alpha value is -3.67. The molecule has 6 nitrogen and oxygen atoms in total. The third-order valence-electron chi connectivity index (χ3n) is 6.62. The van der Waals surface area contributed by atoms with E-state index in [1.165, 1.54) is 0 Å². The number of piperidine rings is 1. The zero-order valence-corrected chi connectivity index (χ0v) is 19.8. The minimum Gasteiger partial charge on any atom is -0.339 e. The number of carbonyl (C=O) groups excluding carboxylic acids is 3. The van der Waals surface area contributed by atoms with Crippen LogP contribution in [0.2, 0.25) is 0 Å². The Kier molecular flexibility index (Phi) is 7.26. The topological polar surface area (TPSA) is 69.7 Å². The Morgan fingerprint density at radius 3 is 2.21 bits per heavy atom. The first-order valence-corrected chi connectivity index (χ1v) is 12.0. The summed E-state index contributed by atoms with van der Waals surface area (Å²) in [5.74, 6) is -0.177. The van der Waals surface area contributed by atoms with Crippen LogP contribution >= 0.6 is 0 Å². The highest BCUT2D eigenvalue weighted by Gasteiger charge is 2.28. The van der Waals surface area contributed by atoms with Crippen molar-refractivity contribution in [2.24, 2.45) is 5.92 Å². The van der Waals surface area contributed by atoms with Gasteiger partial charge in [-0.3, -0.25) is 14.4 Å². The quantitative estimate of drug-likeness (QED) is 0.577. The summed E-state index contributed by atoms with van der Waals surface area (Å²) < 4.78 is 0. The van der Waals surface area contributed by atoms with Crippen molar-refractivity contribution in [1.82, 2.24) is 9.80 Å². The maximum Gasteiger partial charge on any atom is 0.254 e. The Morgan fingerprint density at radius 2 is 1.53 bits per heavy atom. The molecule has 0 aliphatic carbocycles. The molecule has 1 aliphatic heterocycles. The second kappa shape index (κ2) is 10.5. The van der Waals surface area contributed by atoms with Crippen molar-refractivity contribution >= 4 is 34.2 Å². The minimum absolute atomic E-state index is 0.00823. The molecular formula is C28H31N3O3. The van der Waals surface area contributed by atoms with Gasteiger partial charge in [0.1, 0.15) is 0 Å². The lowest BCUT2D eigenvalue weighted by Crippen LogP contribution is -2.41. The average Bonchev–Trinajstić information content (AvgIpc) is 2.89. The number of hydrogen-bond acceptors (Lipinski definition) is 3. The van der Waals surface area contributed by atoms with E-state index in [1.807, 2.05) is 61.2 Å². The maximum absolute atomic E-state index is 13.2. The molecule has 0 spiro atoms. The zero-order chi connectivity index (χ0) is 24.1. The molecule has 0 unspecified atom stereocenters. The number of likely N-dealkylation sites (tertiary alicyclic amines) is 1. The van der Waals surface area contributed by atoms with Crippen molar-refractivity contribution in [3.8, 4) is 0 Å². The van der Waals surface area contributed by atoms with Gasteiger partial charge in [0.25, 0.3) is 11.8 Å². The molecule has 0 atom stereocenters. The number of nitrogens with one attached hydrogen (secondary N) is 1. The van der Waals surface area contributed by atoms with Crippen molar-refractivity contribution in [3.63, 3.8) is 0 Å². The monoisotopic (exact) mass is 457 g/mol. The lowest BCUT2D eigenvalue weighted by atomic mass is 9.94. The molecule has 1 fully saturated rings. The van der Waals surface area contributed by atoms with Gasteiger partial charge in [-0.15, -0.1) is 0 Å². The number of carbonyl (C=O) groups is 3. The van der Waals surface area contributed by atoms with Gasteiger partial charge in [0, 0.05) is 48.9 Å². The Labute approximate surface area is 200 Å². The van der Waals surface area contributed by atoms with Crippen molar-refractivity contribution in [2.45, 2.75) is 26.7 Å². The highest BCUT2D eigenvalue weighted by molar-refractivity contribution is 6.07. The molecule has 6 heteroatoms. The first kappa shape index (κ1) is 23.5. The summed E-state index contributed by atoms with van der Waals surface area (Å²) in [5.41, 5.74) is 2.00. The molecular weight excluding hydrogens is 426 g/mol. The highest BCUT2D eigenvalue weighted by Crippen LogP contribution is 2.24. The molecule has 0 saturated carbocycles. The SMILES string of the molecule is CCN(CC)C(=O)c1ccc(NC(=O)C2CCN(C(=O)c3cccc4ccccc34)CC2)cc1. The van der Waals surface area contributed by atoms with Crippen LogP contribution in [0, 0.1) is 5.92 Å². The number of rotatable bonds is 6. The van der Waals surface area contributed by atoms with Crippen LogP contribution in [0.1, 0.15) is 47.4 Å². The molecule has 1 saturated heterocycles. The molecule has 176 valence electrons. The van der Waals surface area contributed by atoms with E-state index < -0.39 is 0 Å². The fourth-order valence-corrected chi connectivity index (χ4v) is 4.56. The predicted octanol–water partition coefficient (Wildman–Crippen LogP) is 4.81.